The molecule has 0 N–H and O–H groups in total. The molecule has 19 heavy (non-hydrogen) atoms. The molecule has 2 nitrogen and oxygen atoms in total. The first-order chi connectivity index (χ1) is 9.42. The molecule has 2 fully saturated rings. The molecule has 3 atom stereocenters. The Morgan fingerprint density at radius 3 is 2.79 bits per heavy atom. The lowest BCUT2D eigenvalue weighted by Crippen LogP contribution is -2.40. The molecule has 0 radical (unpaired) electrons. The maximum absolute atomic E-state index is 6.46. The molecule has 1 heterocycles. The van der Waals surface area contributed by atoms with Gasteiger partial charge in [-0.1, -0.05) is 43.5 Å². The molecule has 0 amide bonds. The van der Waals surface area contributed by atoms with Gasteiger partial charge in [0, 0.05) is 19.1 Å². The fourth-order valence-electron chi connectivity index (χ4n) is 4.41. The molecule has 0 aromatic heterocycles. The number of fused-ring (bicyclic) bond motifs is 3. The zero-order chi connectivity index (χ0) is 12.7. The monoisotopic (exact) mass is 258 g/mol. The minimum Gasteiger partial charge on any atom is -0.371 e. The third-order valence-corrected chi connectivity index (χ3v) is 5.19. The topological polar surface area (TPSA) is 18.5 Å². The number of rotatable bonds is 0. The summed E-state index contributed by atoms with van der Waals surface area (Å²) in [6.45, 7) is 1.70. The highest BCUT2D eigenvalue weighted by Gasteiger charge is 2.55. The van der Waals surface area contributed by atoms with Crippen LogP contribution in [0.3, 0.4) is 0 Å². The molecule has 2 aliphatic carbocycles. The van der Waals surface area contributed by atoms with Crippen molar-refractivity contribution in [3.63, 3.8) is 0 Å². The molecule has 0 bridgehead atoms. The van der Waals surface area contributed by atoms with Gasteiger partial charge in [0.1, 0.15) is 11.7 Å². The van der Waals surface area contributed by atoms with E-state index in [1.807, 2.05) is 0 Å². The van der Waals surface area contributed by atoms with E-state index in [0.29, 0.717) is 5.92 Å². The molecule has 2 heteroatoms. The van der Waals surface area contributed by atoms with Crippen molar-refractivity contribution in [3.8, 4) is 0 Å². The second-order valence-corrected chi connectivity index (χ2v) is 6.19. The van der Waals surface area contributed by atoms with Crippen molar-refractivity contribution in [2.45, 2.75) is 56.1 Å². The van der Waals surface area contributed by atoms with E-state index in [4.69, 9.17) is 9.47 Å². The Balaban J connectivity index is 1.86. The molecule has 4 rings (SSSR count). The van der Waals surface area contributed by atoms with Gasteiger partial charge in [0.2, 0.25) is 0 Å². The van der Waals surface area contributed by atoms with E-state index in [-0.39, 0.29) is 11.7 Å². The van der Waals surface area contributed by atoms with Gasteiger partial charge in [-0.3, -0.25) is 0 Å². The fraction of sp³-hybridized carbons (Fsp3) is 0.647. The Morgan fingerprint density at radius 1 is 0.947 bits per heavy atom. The highest BCUT2D eigenvalue weighted by molar-refractivity contribution is 5.43. The van der Waals surface area contributed by atoms with Gasteiger partial charge in [-0.15, -0.1) is 0 Å². The molecule has 0 unspecified atom stereocenters. The highest BCUT2D eigenvalue weighted by atomic mass is 16.6. The van der Waals surface area contributed by atoms with Crippen molar-refractivity contribution in [2.75, 3.05) is 13.2 Å². The summed E-state index contributed by atoms with van der Waals surface area (Å²) in [4.78, 5) is 0. The van der Waals surface area contributed by atoms with Gasteiger partial charge in [0.25, 0.3) is 0 Å². The van der Waals surface area contributed by atoms with Crippen molar-refractivity contribution in [1.29, 1.82) is 0 Å². The summed E-state index contributed by atoms with van der Waals surface area (Å²) in [5.74, 6) is 0.550. The number of hydrogen-bond donors (Lipinski definition) is 0. The van der Waals surface area contributed by atoms with Gasteiger partial charge in [-0.25, -0.2) is 0 Å². The standard InChI is InChI=1S/C17H22O2/c1-2-9-15-13-7-3-4-8-14(13)16-17(15,10-5-1)19-12-6-11-18-16/h3-4,7-8,15-16H,1-2,5-6,9-12H2/t15-,16+,17-/m0/s1. The molecular formula is C17H22O2. The molecule has 1 saturated carbocycles. The molecule has 1 aromatic carbocycles. The summed E-state index contributed by atoms with van der Waals surface area (Å²) in [5, 5.41) is 0. The average Bonchev–Trinajstić information content (AvgIpc) is 2.66. The van der Waals surface area contributed by atoms with Gasteiger partial charge in [-0.05, 0) is 30.4 Å². The first-order valence-electron chi connectivity index (χ1n) is 7.76. The van der Waals surface area contributed by atoms with Gasteiger partial charge in [-0.2, -0.15) is 0 Å². The third-order valence-electron chi connectivity index (χ3n) is 5.19. The molecule has 1 aromatic rings. The zero-order valence-electron chi connectivity index (χ0n) is 11.4. The maximum atomic E-state index is 6.46. The molecule has 102 valence electrons. The third kappa shape index (κ3) is 1.70. The Labute approximate surface area is 115 Å². The predicted octanol–water partition coefficient (Wildman–Crippen LogP) is 3.96. The van der Waals surface area contributed by atoms with Crippen LogP contribution in [0.4, 0.5) is 0 Å². The largest absolute Gasteiger partial charge is 0.371 e. The van der Waals surface area contributed by atoms with Crippen molar-refractivity contribution < 1.29 is 9.47 Å². The number of ether oxygens (including phenoxy) is 2. The first-order valence-corrected chi connectivity index (χ1v) is 7.76. The van der Waals surface area contributed by atoms with Crippen molar-refractivity contribution >= 4 is 0 Å². The number of hydrogen-bond acceptors (Lipinski definition) is 2. The maximum Gasteiger partial charge on any atom is 0.112 e. The minimum absolute atomic E-state index is 0.0588. The quantitative estimate of drug-likeness (QED) is 0.701. The summed E-state index contributed by atoms with van der Waals surface area (Å²) in [6.07, 6.45) is 7.59. The van der Waals surface area contributed by atoms with Gasteiger partial charge >= 0.3 is 0 Å². The average molecular weight is 258 g/mol. The molecule has 1 spiro atoms. The second kappa shape index (κ2) is 4.60. The van der Waals surface area contributed by atoms with E-state index in [9.17, 15) is 0 Å². The predicted molar refractivity (Wildman–Crippen MR) is 74.3 cm³/mol. The van der Waals surface area contributed by atoms with Crippen molar-refractivity contribution in [3.05, 3.63) is 35.4 Å². The lowest BCUT2D eigenvalue weighted by atomic mass is 9.82. The summed E-state index contributed by atoms with van der Waals surface area (Å²) < 4.78 is 12.7. The van der Waals surface area contributed by atoms with Crippen LogP contribution in [0.15, 0.2) is 24.3 Å². The minimum atomic E-state index is -0.0588. The van der Waals surface area contributed by atoms with E-state index in [1.54, 1.807) is 0 Å². The van der Waals surface area contributed by atoms with Gasteiger partial charge in [0.15, 0.2) is 0 Å². The summed E-state index contributed by atoms with van der Waals surface area (Å²) in [5.41, 5.74) is 2.84. The molecule has 1 saturated heterocycles. The first kappa shape index (κ1) is 11.9. The lowest BCUT2D eigenvalue weighted by Gasteiger charge is -2.37. The fourth-order valence-corrected chi connectivity index (χ4v) is 4.41. The summed E-state index contributed by atoms with van der Waals surface area (Å²) in [7, 11) is 0. The van der Waals surface area contributed by atoms with E-state index in [0.717, 1.165) is 26.1 Å². The number of benzene rings is 1. The summed E-state index contributed by atoms with van der Waals surface area (Å²) >= 11 is 0. The lowest BCUT2D eigenvalue weighted by molar-refractivity contribution is -0.128. The van der Waals surface area contributed by atoms with Crippen LogP contribution in [-0.2, 0) is 9.47 Å². The SMILES string of the molecule is c1ccc2c(c1)[C@H]1OCCCO[C@]13CCCCC[C@@H]23. The Bertz CT molecular complexity index is 425. The summed E-state index contributed by atoms with van der Waals surface area (Å²) in [6, 6.07) is 8.87. The van der Waals surface area contributed by atoms with E-state index >= 15 is 0 Å². The van der Waals surface area contributed by atoms with Crippen LogP contribution in [0, 0.1) is 0 Å². The Morgan fingerprint density at radius 2 is 1.84 bits per heavy atom. The van der Waals surface area contributed by atoms with Crippen LogP contribution in [0.25, 0.3) is 0 Å². The molecule has 1 aliphatic heterocycles. The van der Waals surface area contributed by atoms with Crippen molar-refractivity contribution in [2.24, 2.45) is 0 Å². The van der Waals surface area contributed by atoms with E-state index < -0.39 is 0 Å². The van der Waals surface area contributed by atoms with Gasteiger partial charge in [0.05, 0.1) is 0 Å². The van der Waals surface area contributed by atoms with E-state index in [1.165, 1.54) is 36.8 Å². The second-order valence-electron chi connectivity index (χ2n) is 6.19. The van der Waals surface area contributed by atoms with Gasteiger partial charge < -0.3 is 9.47 Å². The van der Waals surface area contributed by atoms with Crippen LogP contribution >= 0.6 is 0 Å². The normalized spacial score (nSPS) is 37.7. The van der Waals surface area contributed by atoms with Crippen LogP contribution in [0.1, 0.15) is 61.7 Å². The van der Waals surface area contributed by atoms with Crippen LogP contribution < -0.4 is 0 Å². The zero-order valence-corrected chi connectivity index (χ0v) is 11.4. The van der Waals surface area contributed by atoms with E-state index in [2.05, 4.69) is 24.3 Å². The van der Waals surface area contributed by atoms with Crippen molar-refractivity contribution in [1.82, 2.24) is 0 Å². The van der Waals surface area contributed by atoms with Crippen LogP contribution in [-0.4, -0.2) is 18.8 Å². The Kier molecular flexibility index (Phi) is 2.89. The smallest absolute Gasteiger partial charge is 0.112 e. The van der Waals surface area contributed by atoms with Crippen LogP contribution in [0.5, 0.6) is 0 Å². The van der Waals surface area contributed by atoms with Crippen LogP contribution in [0.2, 0.25) is 0 Å². The highest BCUT2D eigenvalue weighted by Crippen LogP contribution is 2.58. The molecular weight excluding hydrogens is 236 g/mol. The molecule has 3 aliphatic rings. The Hall–Kier alpha value is -0.860.